The molecule has 2 unspecified atom stereocenters. The van der Waals surface area contributed by atoms with Crippen LogP contribution in [0, 0.1) is 11.8 Å². The summed E-state index contributed by atoms with van der Waals surface area (Å²) in [5.74, 6) is 1.09. The molecule has 0 aromatic rings. The van der Waals surface area contributed by atoms with Crippen molar-refractivity contribution in [3.05, 3.63) is 0 Å². The fraction of sp³-hybridized carbons (Fsp3) is 0.923. The summed E-state index contributed by atoms with van der Waals surface area (Å²) in [5, 5.41) is 3.53. The summed E-state index contributed by atoms with van der Waals surface area (Å²) in [4.78, 5) is 14.1. The summed E-state index contributed by atoms with van der Waals surface area (Å²) < 4.78 is 0. The Kier molecular flexibility index (Phi) is 4.78. The molecule has 0 radical (unpaired) electrons. The van der Waals surface area contributed by atoms with Gasteiger partial charge in [-0.1, -0.05) is 27.7 Å². The van der Waals surface area contributed by atoms with Crippen molar-refractivity contribution in [2.45, 2.75) is 53.1 Å². The highest BCUT2D eigenvalue weighted by Gasteiger charge is 2.29. The lowest BCUT2D eigenvalue weighted by Gasteiger charge is -2.40. The second-order valence-electron chi connectivity index (χ2n) is 5.73. The van der Waals surface area contributed by atoms with Gasteiger partial charge in [0, 0.05) is 31.1 Å². The maximum absolute atomic E-state index is 12.0. The van der Waals surface area contributed by atoms with E-state index in [0.717, 1.165) is 19.5 Å². The van der Waals surface area contributed by atoms with Crippen molar-refractivity contribution >= 4 is 5.91 Å². The summed E-state index contributed by atoms with van der Waals surface area (Å²) >= 11 is 0. The fourth-order valence-electron chi connectivity index (χ4n) is 2.30. The molecule has 1 aliphatic heterocycles. The fourth-order valence-corrected chi connectivity index (χ4v) is 2.30. The van der Waals surface area contributed by atoms with Crippen LogP contribution in [0.25, 0.3) is 0 Å². The van der Waals surface area contributed by atoms with E-state index in [4.69, 9.17) is 0 Å². The molecule has 1 amide bonds. The lowest BCUT2D eigenvalue weighted by molar-refractivity contribution is -0.138. The average Bonchev–Trinajstić information content (AvgIpc) is 2.19. The predicted molar refractivity (Wildman–Crippen MR) is 67.3 cm³/mol. The molecule has 1 rings (SSSR count). The Morgan fingerprint density at radius 3 is 2.50 bits per heavy atom. The third-order valence-electron chi connectivity index (χ3n) is 3.18. The van der Waals surface area contributed by atoms with Crippen LogP contribution in [0.4, 0.5) is 0 Å². The third kappa shape index (κ3) is 3.48. The standard InChI is InChI=1S/C13H26N2O/c1-9(2)6-12-8-15(11(5)7-14-12)13(16)10(3)4/h9-12,14H,6-8H2,1-5H3. The van der Waals surface area contributed by atoms with E-state index in [-0.39, 0.29) is 5.92 Å². The molecule has 0 bridgehead atoms. The summed E-state index contributed by atoms with van der Waals surface area (Å²) in [7, 11) is 0. The van der Waals surface area contributed by atoms with Gasteiger partial charge in [0.1, 0.15) is 0 Å². The summed E-state index contributed by atoms with van der Waals surface area (Å²) in [6.45, 7) is 12.3. The van der Waals surface area contributed by atoms with Gasteiger partial charge in [-0.2, -0.15) is 0 Å². The minimum Gasteiger partial charge on any atom is -0.337 e. The van der Waals surface area contributed by atoms with Gasteiger partial charge in [-0.05, 0) is 19.3 Å². The maximum atomic E-state index is 12.0. The van der Waals surface area contributed by atoms with E-state index in [0.29, 0.717) is 23.9 Å². The van der Waals surface area contributed by atoms with E-state index in [9.17, 15) is 4.79 Å². The van der Waals surface area contributed by atoms with E-state index in [1.807, 2.05) is 18.7 Å². The highest BCUT2D eigenvalue weighted by molar-refractivity contribution is 5.78. The van der Waals surface area contributed by atoms with Crippen molar-refractivity contribution in [3.63, 3.8) is 0 Å². The zero-order chi connectivity index (χ0) is 12.3. The smallest absolute Gasteiger partial charge is 0.225 e. The van der Waals surface area contributed by atoms with Crippen LogP contribution >= 0.6 is 0 Å². The van der Waals surface area contributed by atoms with E-state index in [2.05, 4.69) is 26.1 Å². The van der Waals surface area contributed by atoms with Gasteiger partial charge in [0.2, 0.25) is 5.91 Å². The minimum absolute atomic E-state index is 0.111. The Morgan fingerprint density at radius 1 is 1.38 bits per heavy atom. The lowest BCUT2D eigenvalue weighted by Crippen LogP contribution is -2.58. The number of nitrogens with one attached hydrogen (secondary N) is 1. The summed E-state index contributed by atoms with van der Waals surface area (Å²) in [5.41, 5.74) is 0. The Balaban J connectivity index is 2.58. The van der Waals surface area contributed by atoms with E-state index in [1.54, 1.807) is 0 Å². The van der Waals surface area contributed by atoms with Crippen molar-refractivity contribution in [2.75, 3.05) is 13.1 Å². The van der Waals surface area contributed by atoms with Crippen molar-refractivity contribution in [3.8, 4) is 0 Å². The van der Waals surface area contributed by atoms with Crippen molar-refractivity contribution < 1.29 is 4.79 Å². The molecule has 1 fully saturated rings. The molecule has 1 N–H and O–H groups in total. The molecule has 0 saturated carbocycles. The van der Waals surface area contributed by atoms with E-state index < -0.39 is 0 Å². The van der Waals surface area contributed by atoms with E-state index >= 15 is 0 Å². The van der Waals surface area contributed by atoms with Crippen LogP contribution in [0.5, 0.6) is 0 Å². The zero-order valence-electron chi connectivity index (χ0n) is 11.3. The van der Waals surface area contributed by atoms with Gasteiger partial charge in [-0.25, -0.2) is 0 Å². The van der Waals surface area contributed by atoms with Crippen molar-refractivity contribution in [1.82, 2.24) is 10.2 Å². The highest BCUT2D eigenvalue weighted by Crippen LogP contribution is 2.15. The molecule has 3 heteroatoms. The normalized spacial score (nSPS) is 26.6. The first-order valence-electron chi connectivity index (χ1n) is 6.45. The Bertz CT molecular complexity index is 238. The summed E-state index contributed by atoms with van der Waals surface area (Å²) in [6, 6.07) is 0.803. The molecule has 0 aromatic carbocycles. The number of rotatable bonds is 3. The largest absolute Gasteiger partial charge is 0.337 e. The second kappa shape index (κ2) is 5.67. The number of hydrogen-bond donors (Lipinski definition) is 1. The molecular weight excluding hydrogens is 200 g/mol. The monoisotopic (exact) mass is 226 g/mol. The number of nitrogens with zero attached hydrogens (tertiary/aromatic N) is 1. The number of hydrogen-bond acceptors (Lipinski definition) is 2. The molecule has 16 heavy (non-hydrogen) atoms. The molecule has 0 aliphatic carbocycles. The molecule has 2 atom stereocenters. The van der Waals surface area contributed by atoms with Crippen LogP contribution in [0.15, 0.2) is 0 Å². The Hall–Kier alpha value is -0.570. The predicted octanol–water partition coefficient (Wildman–Crippen LogP) is 1.88. The van der Waals surface area contributed by atoms with Crippen molar-refractivity contribution in [1.29, 1.82) is 0 Å². The minimum atomic E-state index is 0.111. The number of carbonyl (C=O) groups is 1. The van der Waals surface area contributed by atoms with E-state index in [1.165, 1.54) is 0 Å². The first-order valence-corrected chi connectivity index (χ1v) is 6.45. The molecular formula is C13H26N2O. The second-order valence-corrected chi connectivity index (χ2v) is 5.73. The number of amides is 1. The third-order valence-corrected chi connectivity index (χ3v) is 3.18. The molecule has 94 valence electrons. The first-order chi connectivity index (χ1) is 7.41. The van der Waals surface area contributed by atoms with Crippen LogP contribution in [0.2, 0.25) is 0 Å². The zero-order valence-corrected chi connectivity index (χ0v) is 11.3. The SMILES string of the molecule is CC(C)CC1CN(C(=O)C(C)C)C(C)CN1. The molecule has 1 heterocycles. The average molecular weight is 226 g/mol. The molecule has 1 saturated heterocycles. The molecule has 0 aromatic heterocycles. The maximum Gasteiger partial charge on any atom is 0.225 e. The quantitative estimate of drug-likeness (QED) is 0.797. The van der Waals surface area contributed by atoms with Gasteiger partial charge in [0.15, 0.2) is 0 Å². The Labute approximate surface area is 99.6 Å². The van der Waals surface area contributed by atoms with Crippen LogP contribution in [0.1, 0.15) is 41.0 Å². The van der Waals surface area contributed by atoms with Crippen LogP contribution < -0.4 is 5.32 Å². The lowest BCUT2D eigenvalue weighted by atomic mass is 9.99. The highest BCUT2D eigenvalue weighted by atomic mass is 16.2. The van der Waals surface area contributed by atoms with Gasteiger partial charge < -0.3 is 10.2 Å². The van der Waals surface area contributed by atoms with Gasteiger partial charge in [-0.3, -0.25) is 4.79 Å². The number of carbonyl (C=O) groups excluding carboxylic acids is 1. The summed E-state index contributed by atoms with van der Waals surface area (Å²) in [6.07, 6.45) is 1.15. The van der Waals surface area contributed by atoms with Gasteiger partial charge in [-0.15, -0.1) is 0 Å². The van der Waals surface area contributed by atoms with Crippen molar-refractivity contribution in [2.24, 2.45) is 11.8 Å². The molecule has 0 spiro atoms. The van der Waals surface area contributed by atoms with Gasteiger partial charge >= 0.3 is 0 Å². The Morgan fingerprint density at radius 2 is 2.00 bits per heavy atom. The topological polar surface area (TPSA) is 32.3 Å². The number of piperazine rings is 1. The van der Waals surface area contributed by atoms with Gasteiger partial charge in [0.25, 0.3) is 0 Å². The van der Waals surface area contributed by atoms with Crippen LogP contribution in [-0.4, -0.2) is 36.0 Å². The first kappa shape index (κ1) is 13.5. The molecule has 3 nitrogen and oxygen atoms in total. The van der Waals surface area contributed by atoms with Crippen LogP contribution in [0.3, 0.4) is 0 Å². The van der Waals surface area contributed by atoms with Crippen LogP contribution in [-0.2, 0) is 4.79 Å². The molecule has 1 aliphatic rings. The van der Waals surface area contributed by atoms with Gasteiger partial charge in [0.05, 0.1) is 0 Å².